The molecule has 2 aliphatic rings. The Kier molecular flexibility index (Phi) is 14.4. The molecule has 0 radical (unpaired) electrons. The van der Waals surface area contributed by atoms with E-state index in [9.17, 15) is 61.5 Å². The number of carbonyl (C=O) groups excluding carboxylic acids is 2. The topological polar surface area (TPSA) is 293 Å². The largest absolute Gasteiger partial charge is 0.465 e. The van der Waals surface area contributed by atoms with Gasteiger partial charge in [-0.2, -0.15) is 38.2 Å². The van der Waals surface area contributed by atoms with E-state index in [1.807, 2.05) is 0 Å². The minimum atomic E-state index is -4.63. The number of ether oxygens (including phenoxy) is 1. The summed E-state index contributed by atoms with van der Waals surface area (Å²) in [6.45, 7) is 4.54. The molecule has 62 heavy (non-hydrogen) atoms. The molecule has 1 aromatic heterocycles. The summed E-state index contributed by atoms with van der Waals surface area (Å²) in [5.41, 5.74) is 0.261. The SMILES string of the molecule is CCOC(=O)C1(C(=O)NCCS(=O)(=O)O)CC(=CC=C2N(CCCS(=O)(=O)O)c3ccc(S(=O)(=O)O)cc3C2(C)C)C=C(C=Cc2oc3ccccc3[n+]2CCCS(=O)(=O)O)C1. The molecule has 1 atom stereocenters. The molecule has 0 spiro atoms. The molecular weight excluding hydrogens is 895 g/mol. The van der Waals surface area contributed by atoms with E-state index in [2.05, 4.69) is 5.32 Å². The maximum Gasteiger partial charge on any atom is 0.374 e. The number of nitrogens with one attached hydrogen (secondary N) is 1. The number of para-hydroxylation sites is 2. The molecular formula is C39H48N3O16S4+. The molecule has 23 heteroatoms. The lowest BCUT2D eigenvalue weighted by Crippen LogP contribution is -2.49. The van der Waals surface area contributed by atoms with Crippen LogP contribution in [0.1, 0.15) is 57.9 Å². The zero-order chi connectivity index (χ0) is 45.9. The van der Waals surface area contributed by atoms with Crippen LogP contribution in [0.5, 0.6) is 0 Å². The molecule has 338 valence electrons. The number of hydrogen-bond donors (Lipinski definition) is 5. The molecule has 0 saturated heterocycles. The summed E-state index contributed by atoms with van der Waals surface area (Å²) in [5, 5.41) is 2.44. The molecule has 1 unspecified atom stereocenters. The minimum absolute atomic E-state index is 0.0258. The highest BCUT2D eigenvalue weighted by Crippen LogP contribution is 2.49. The Morgan fingerprint density at radius 3 is 2.18 bits per heavy atom. The van der Waals surface area contributed by atoms with Gasteiger partial charge in [0.05, 0.1) is 34.8 Å². The molecule has 5 rings (SSSR count). The number of hydrogen-bond acceptors (Lipinski definition) is 13. The fourth-order valence-corrected chi connectivity index (χ4v) is 9.44. The molecule has 0 bridgehead atoms. The average Bonchev–Trinajstić information content (AvgIpc) is 3.61. The molecule has 1 aliphatic heterocycles. The third-order valence-corrected chi connectivity index (χ3v) is 13.6. The number of carbonyl (C=O) groups is 2. The highest BCUT2D eigenvalue weighted by Gasteiger charge is 2.50. The van der Waals surface area contributed by atoms with Crippen molar-refractivity contribution in [1.82, 2.24) is 5.32 Å². The maximum atomic E-state index is 14.1. The number of benzene rings is 2. The van der Waals surface area contributed by atoms with Crippen LogP contribution in [-0.4, -0.2) is 101 Å². The number of aryl methyl sites for hydroxylation is 1. The monoisotopic (exact) mass is 942 g/mol. The normalized spacial score (nSPS) is 19.6. The smallest absolute Gasteiger partial charge is 0.374 e. The van der Waals surface area contributed by atoms with Crippen LogP contribution >= 0.6 is 0 Å². The second-order valence-electron chi connectivity index (χ2n) is 15.3. The number of rotatable bonds is 18. The Hall–Kier alpha value is -4.75. The van der Waals surface area contributed by atoms with Crippen LogP contribution in [-0.2, 0) is 66.8 Å². The maximum absolute atomic E-state index is 14.1. The zero-order valence-corrected chi connectivity index (χ0v) is 37.2. The molecule has 3 aromatic rings. The van der Waals surface area contributed by atoms with Gasteiger partial charge in [-0.25, -0.2) is 0 Å². The summed E-state index contributed by atoms with van der Waals surface area (Å²) >= 11 is 0. The van der Waals surface area contributed by atoms with Gasteiger partial charge in [-0.15, -0.1) is 0 Å². The van der Waals surface area contributed by atoms with Crippen LogP contribution in [0.2, 0.25) is 0 Å². The Morgan fingerprint density at radius 1 is 0.871 bits per heavy atom. The van der Waals surface area contributed by atoms with Crippen molar-refractivity contribution in [2.45, 2.75) is 63.3 Å². The van der Waals surface area contributed by atoms with Gasteiger partial charge < -0.3 is 19.4 Å². The number of aromatic nitrogens is 1. The van der Waals surface area contributed by atoms with Crippen LogP contribution in [0, 0.1) is 5.41 Å². The predicted octanol–water partition coefficient (Wildman–Crippen LogP) is 3.42. The van der Waals surface area contributed by atoms with Crippen LogP contribution < -0.4 is 14.8 Å². The summed E-state index contributed by atoms with van der Waals surface area (Å²) < 4.78 is 145. The lowest BCUT2D eigenvalue weighted by molar-refractivity contribution is -0.677. The summed E-state index contributed by atoms with van der Waals surface area (Å²) in [6.07, 6.45) is 7.48. The van der Waals surface area contributed by atoms with E-state index in [0.717, 1.165) is 0 Å². The Bertz CT molecular complexity index is 2820. The van der Waals surface area contributed by atoms with Gasteiger partial charge in [-0.05, 0) is 79.3 Å². The lowest BCUT2D eigenvalue weighted by Gasteiger charge is -2.34. The van der Waals surface area contributed by atoms with Gasteiger partial charge in [0.15, 0.2) is 12.0 Å². The number of nitrogens with zero attached hydrogens (tertiary/aromatic N) is 2. The molecule has 1 amide bonds. The van der Waals surface area contributed by atoms with Gasteiger partial charge in [0.1, 0.15) is 0 Å². The molecule has 19 nitrogen and oxygen atoms in total. The van der Waals surface area contributed by atoms with Crippen molar-refractivity contribution < 1.29 is 75.2 Å². The van der Waals surface area contributed by atoms with E-state index in [-0.39, 0.29) is 56.2 Å². The third-order valence-electron chi connectivity index (χ3n) is 10.4. The van der Waals surface area contributed by atoms with Crippen LogP contribution in [0.3, 0.4) is 0 Å². The van der Waals surface area contributed by atoms with E-state index in [1.54, 1.807) is 78.0 Å². The summed E-state index contributed by atoms with van der Waals surface area (Å²) in [4.78, 5) is 29.4. The Balaban J connectivity index is 1.66. The Labute approximate surface area is 359 Å². The van der Waals surface area contributed by atoms with E-state index in [4.69, 9.17) is 9.15 Å². The van der Waals surface area contributed by atoms with Gasteiger partial charge in [-0.1, -0.05) is 38.1 Å². The summed E-state index contributed by atoms with van der Waals surface area (Å²) in [6, 6.07) is 10.9. The van der Waals surface area contributed by atoms with Crippen LogP contribution in [0.25, 0.3) is 17.2 Å². The highest BCUT2D eigenvalue weighted by atomic mass is 32.2. The molecule has 2 aromatic carbocycles. The number of fused-ring (bicyclic) bond motifs is 2. The number of esters is 1. The van der Waals surface area contributed by atoms with E-state index >= 15 is 0 Å². The number of anilines is 1. The average molecular weight is 943 g/mol. The van der Waals surface area contributed by atoms with Crippen molar-refractivity contribution in [3.05, 3.63) is 95.1 Å². The molecule has 1 aliphatic carbocycles. The van der Waals surface area contributed by atoms with Gasteiger partial charge in [0, 0.05) is 42.4 Å². The number of oxazole rings is 1. The van der Waals surface area contributed by atoms with E-state index in [1.165, 1.54) is 25.1 Å². The van der Waals surface area contributed by atoms with Crippen molar-refractivity contribution >= 4 is 75.2 Å². The quantitative estimate of drug-likeness (QED) is 0.0528. The second-order valence-corrected chi connectivity index (χ2v) is 21.5. The summed E-state index contributed by atoms with van der Waals surface area (Å²) in [7, 11) is -17.8. The first-order valence-corrected chi connectivity index (χ1v) is 25.4. The van der Waals surface area contributed by atoms with Crippen molar-refractivity contribution in [2.24, 2.45) is 5.41 Å². The second kappa shape index (κ2) is 18.5. The molecule has 5 N–H and O–H groups in total. The minimum Gasteiger partial charge on any atom is -0.465 e. The van der Waals surface area contributed by atoms with E-state index in [0.29, 0.717) is 39.2 Å². The van der Waals surface area contributed by atoms with Crippen molar-refractivity contribution in [3.63, 3.8) is 0 Å². The first kappa shape index (κ1) is 48.3. The third kappa shape index (κ3) is 11.8. The molecule has 2 heterocycles. The first-order chi connectivity index (χ1) is 28.7. The van der Waals surface area contributed by atoms with Crippen molar-refractivity contribution in [2.75, 3.05) is 41.9 Å². The van der Waals surface area contributed by atoms with Crippen LogP contribution in [0.15, 0.2) is 92.9 Å². The zero-order valence-electron chi connectivity index (χ0n) is 33.9. The van der Waals surface area contributed by atoms with Crippen LogP contribution in [0.4, 0.5) is 5.69 Å². The van der Waals surface area contributed by atoms with Crippen molar-refractivity contribution in [3.8, 4) is 0 Å². The molecule has 0 fully saturated rings. The molecule has 0 saturated carbocycles. The fourth-order valence-electron chi connectivity index (χ4n) is 7.58. The van der Waals surface area contributed by atoms with E-state index < -0.39 is 87.0 Å². The number of allylic oxidation sites excluding steroid dienone is 7. The standard InChI is InChI=1S/C39H47N3O16S4/c1-4-57-37(44)39(36(43)40-17-22-61(51,52)53)25-27(23-28(26-39)12-16-35-42(19-8-21-60(48,49)50)32-9-5-6-10-33(32)58-35)11-15-34-38(2,3)30-24-29(62(54,55)56)13-14-31(30)41(34)18-7-20-59(45,46)47/h5-6,9-16,23-24H,4,7-8,17-22,25-26H2,1-3H3,(H4-,40,43,45,46,47,48,49,50,51,52,53,54,55,56)/p+1. The first-order valence-electron chi connectivity index (χ1n) is 19.2. The Morgan fingerprint density at radius 2 is 1.53 bits per heavy atom. The number of amides is 1. The fraction of sp³-hybridized carbons (Fsp3) is 0.410. The summed E-state index contributed by atoms with van der Waals surface area (Å²) in [5.74, 6) is -3.55. The van der Waals surface area contributed by atoms with Gasteiger partial charge >= 0.3 is 11.9 Å². The highest BCUT2D eigenvalue weighted by molar-refractivity contribution is 7.86. The predicted molar refractivity (Wildman–Crippen MR) is 226 cm³/mol. The van der Waals surface area contributed by atoms with Gasteiger partial charge in [-0.3, -0.25) is 27.8 Å². The van der Waals surface area contributed by atoms with Crippen molar-refractivity contribution in [1.29, 1.82) is 0 Å². The van der Waals surface area contributed by atoms with Gasteiger partial charge in [0.25, 0.3) is 46.0 Å². The van der Waals surface area contributed by atoms with Gasteiger partial charge in [0.2, 0.25) is 11.5 Å². The lowest BCUT2D eigenvalue weighted by atomic mass is 9.71.